The zero-order chi connectivity index (χ0) is 35.1. The van der Waals surface area contributed by atoms with E-state index in [0.29, 0.717) is 23.7 Å². The van der Waals surface area contributed by atoms with Gasteiger partial charge in [0.15, 0.2) is 0 Å². The summed E-state index contributed by atoms with van der Waals surface area (Å²) < 4.78 is 1.97. The van der Waals surface area contributed by atoms with Crippen molar-refractivity contribution in [1.82, 2.24) is 0 Å². The largest absolute Gasteiger partial charge is 0.502 e. The van der Waals surface area contributed by atoms with Crippen LogP contribution in [0.2, 0.25) is 0 Å². The van der Waals surface area contributed by atoms with Crippen molar-refractivity contribution < 1.29 is 13.5 Å². The molecule has 1 heterocycles. The van der Waals surface area contributed by atoms with Crippen LogP contribution in [0.5, 0.6) is 0 Å². The molecule has 0 aromatic heterocycles. The summed E-state index contributed by atoms with van der Waals surface area (Å²) in [7, 11) is 14.0. The van der Waals surface area contributed by atoms with E-state index in [1.165, 1.54) is 39.2 Å². The van der Waals surface area contributed by atoms with Gasteiger partial charge in [-0.15, -0.1) is 0 Å². The van der Waals surface area contributed by atoms with E-state index in [0.717, 1.165) is 30.0 Å². The second kappa shape index (κ2) is 17.3. The summed E-state index contributed by atoms with van der Waals surface area (Å²) in [5.41, 5.74) is 13.4. The number of nitrogens with zero attached hydrogens (tertiary/aromatic N) is 3. The second-order valence-electron chi connectivity index (χ2n) is 14.0. The van der Waals surface area contributed by atoms with Crippen molar-refractivity contribution in [2.75, 3.05) is 34.8 Å². The van der Waals surface area contributed by atoms with Crippen molar-refractivity contribution in [3.05, 3.63) is 125 Å². The normalized spacial score (nSPS) is 13.4. The van der Waals surface area contributed by atoms with Crippen molar-refractivity contribution in [3.8, 4) is 0 Å². The molecule has 260 valence electrons. The molecule has 6 heteroatoms. The van der Waals surface area contributed by atoms with Gasteiger partial charge in [-0.2, -0.15) is 6.67 Å². The summed E-state index contributed by atoms with van der Waals surface area (Å²) in [5, 5.41) is 0. The molecule has 4 aromatic rings. The molecule has 0 unspecified atom stereocenters. The molecule has 0 amide bonds. The second-order valence-corrected chi connectivity index (χ2v) is 19.7. The molecule has 4 aromatic carbocycles. The summed E-state index contributed by atoms with van der Waals surface area (Å²) in [6, 6.07) is 30.0. The predicted octanol–water partition coefficient (Wildman–Crippen LogP) is 12.5. The SMILES string of the molecule is CN(c1ccccc1)c1ccccc1[CH]=[Ru]([Cl])[Cl].Cc1cc(C(C)C)c(N2[CH-]N(c3c(C(C)C)cccc3C(C)C)CC2)c(C(C)C)c1. The summed E-state index contributed by atoms with van der Waals surface area (Å²) in [6.07, 6.45) is 0. The van der Waals surface area contributed by atoms with Crippen LogP contribution < -0.4 is 14.7 Å². The molecule has 1 aliphatic rings. The first-order chi connectivity index (χ1) is 22.8. The zero-order valence-corrected chi connectivity index (χ0v) is 33.7. The molecule has 0 bridgehead atoms. The van der Waals surface area contributed by atoms with E-state index in [1.807, 2.05) is 48.1 Å². The molecule has 1 saturated heterocycles. The van der Waals surface area contributed by atoms with Gasteiger partial charge in [-0.25, -0.2) is 0 Å². The van der Waals surface area contributed by atoms with Crippen molar-refractivity contribution in [1.29, 1.82) is 0 Å². The van der Waals surface area contributed by atoms with E-state index >= 15 is 0 Å². The van der Waals surface area contributed by atoms with Gasteiger partial charge in [-0.3, -0.25) is 0 Å². The molecular weight excluding hydrogens is 718 g/mol. The van der Waals surface area contributed by atoms with Crippen LogP contribution in [0, 0.1) is 13.6 Å². The van der Waals surface area contributed by atoms with Gasteiger partial charge >= 0.3 is 121 Å². The van der Waals surface area contributed by atoms with Gasteiger partial charge in [0, 0.05) is 24.5 Å². The number of halogens is 2. The molecule has 0 N–H and O–H groups in total. The predicted molar refractivity (Wildman–Crippen MR) is 211 cm³/mol. The minimum Gasteiger partial charge on any atom is -0.502 e. The number of hydrogen-bond acceptors (Lipinski definition) is 3. The van der Waals surface area contributed by atoms with Crippen LogP contribution in [0.4, 0.5) is 22.7 Å². The average molecular weight is 773 g/mol. The van der Waals surface area contributed by atoms with E-state index in [4.69, 9.17) is 19.4 Å². The van der Waals surface area contributed by atoms with Crippen LogP contribution in [0.25, 0.3) is 0 Å². The van der Waals surface area contributed by atoms with E-state index in [2.05, 4.69) is 132 Å². The average Bonchev–Trinajstić information content (AvgIpc) is 3.54. The first-order valence-corrected chi connectivity index (χ1v) is 22.6. The summed E-state index contributed by atoms with van der Waals surface area (Å²) >= 11 is -1.81. The Labute approximate surface area is 304 Å². The Kier molecular flexibility index (Phi) is 13.8. The van der Waals surface area contributed by atoms with Crippen LogP contribution in [-0.2, 0) is 13.5 Å². The maximum atomic E-state index is 5.97. The molecule has 0 saturated carbocycles. The molecule has 1 aliphatic heterocycles. The van der Waals surface area contributed by atoms with Crippen LogP contribution in [0.15, 0.2) is 84.9 Å². The van der Waals surface area contributed by atoms with E-state index < -0.39 is 13.5 Å². The number of rotatable bonds is 9. The molecule has 0 radical (unpaired) electrons. The standard InChI is InChI=1S/C28H41N2.C14H13N.2ClH.Ru/c1-18(2)23-11-10-12-24(19(3)4)27(23)29-13-14-30(17-29)28-25(20(5)6)15-22(9)16-26(28)21(7)8;1-12-8-6-7-11-14(12)15(2)13-9-4-3-5-10-13;;;/h10-12,15-21H,13-14H2,1-9H3;1,3-11H,2H3;2*1H;/q-1;;;;+2/p-2. The Balaban J connectivity index is 0.000000246. The van der Waals surface area contributed by atoms with Crippen LogP contribution in [0.1, 0.15) is 112 Å². The van der Waals surface area contributed by atoms with Crippen LogP contribution >= 0.6 is 19.4 Å². The number of benzene rings is 4. The third kappa shape index (κ3) is 9.32. The minimum atomic E-state index is -1.81. The molecular formula is C42H54Cl2N3Ru-. The number of aryl methyl sites for hydroxylation is 1. The number of para-hydroxylation sites is 3. The van der Waals surface area contributed by atoms with Gasteiger partial charge in [-0.05, 0) is 52.8 Å². The first-order valence-electron chi connectivity index (χ1n) is 17.2. The fourth-order valence-electron chi connectivity index (χ4n) is 6.48. The maximum Gasteiger partial charge on any atom is 0.0157 e. The Morgan fingerprint density at radius 1 is 0.646 bits per heavy atom. The van der Waals surface area contributed by atoms with Crippen LogP contribution in [0.3, 0.4) is 0 Å². The summed E-state index contributed by atoms with van der Waals surface area (Å²) in [4.78, 5) is 7.17. The van der Waals surface area contributed by atoms with Crippen molar-refractivity contribution in [3.63, 3.8) is 0 Å². The third-order valence-corrected chi connectivity index (χ3v) is 10.8. The van der Waals surface area contributed by atoms with Crippen molar-refractivity contribution in [2.24, 2.45) is 0 Å². The van der Waals surface area contributed by atoms with Gasteiger partial charge in [-0.1, -0.05) is 91.3 Å². The van der Waals surface area contributed by atoms with E-state index in [-0.39, 0.29) is 0 Å². The summed E-state index contributed by atoms with van der Waals surface area (Å²) in [6.45, 7) is 25.2. The third-order valence-electron chi connectivity index (χ3n) is 8.96. The molecule has 0 spiro atoms. The van der Waals surface area contributed by atoms with Gasteiger partial charge in [0.25, 0.3) is 0 Å². The smallest absolute Gasteiger partial charge is 0.0157 e. The summed E-state index contributed by atoms with van der Waals surface area (Å²) in [5.74, 6) is 2.04. The maximum absolute atomic E-state index is 5.97. The Bertz CT molecular complexity index is 1620. The Hall–Kier alpha value is -2.65. The molecule has 5 rings (SSSR count). The van der Waals surface area contributed by atoms with Gasteiger partial charge in [0.2, 0.25) is 0 Å². The fourth-order valence-corrected chi connectivity index (χ4v) is 8.30. The van der Waals surface area contributed by atoms with Gasteiger partial charge < -0.3 is 9.80 Å². The van der Waals surface area contributed by atoms with Crippen molar-refractivity contribution in [2.45, 2.75) is 86.0 Å². The van der Waals surface area contributed by atoms with Gasteiger partial charge in [0.1, 0.15) is 0 Å². The van der Waals surface area contributed by atoms with Gasteiger partial charge in [0.05, 0.1) is 0 Å². The van der Waals surface area contributed by atoms with Crippen molar-refractivity contribution >= 4 is 46.7 Å². The Morgan fingerprint density at radius 2 is 1.10 bits per heavy atom. The first kappa shape index (κ1) is 38.2. The molecule has 3 nitrogen and oxygen atoms in total. The molecule has 1 fully saturated rings. The Morgan fingerprint density at radius 3 is 1.58 bits per heavy atom. The van der Waals surface area contributed by atoms with E-state index in [1.54, 1.807) is 0 Å². The van der Waals surface area contributed by atoms with E-state index in [9.17, 15) is 0 Å². The quantitative estimate of drug-likeness (QED) is 0.124. The minimum absolute atomic E-state index is 0.508. The number of anilines is 4. The van der Waals surface area contributed by atoms with Crippen LogP contribution in [-0.4, -0.2) is 24.7 Å². The molecule has 0 aliphatic carbocycles. The zero-order valence-electron chi connectivity index (χ0n) is 30.4. The monoisotopic (exact) mass is 772 g/mol. The fraction of sp³-hybridized carbons (Fsp3) is 0.381. The molecule has 0 atom stereocenters. The topological polar surface area (TPSA) is 9.72 Å². The molecule has 48 heavy (non-hydrogen) atoms. The number of hydrogen-bond donors (Lipinski definition) is 0.